The van der Waals surface area contributed by atoms with E-state index in [0.717, 1.165) is 24.3 Å². The van der Waals surface area contributed by atoms with Crippen molar-refractivity contribution in [2.45, 2.75) is 193 Å². The third kappa shape index (κ3) is 17.8. The molecule has 73 heavy (non-hydrogen) atoms. The van der Waals surface area contributed by atoms with Crippen molar-refractivity contribution in [1.82, 2.24) is 9.62 Å². The number of rotatable bonds is 13. The van der Waals surface area contributed by atoms with Gasteiger partial charge in [0.2, 0.25) is 15.8 Å². The lowest BCUT2D eigenvalue weighted by molar-refractivity contribution is -0.263. The molecular weight excluding hydrogens is 961 g/mol. The second-order valence-corrected chi connectivity index (χ2v) is 23.4. The van der Waals surface area contributed by atoms with Crippen LogP contribution in [0.5, 0.6) is 0 Å². The summed E-state index contributed by atoms with van der Waals surface area (Å²) >= 11 is 0. The molecule has 0 spiro atoms. The van der Waals surface area contributed by atoms with Crippen molar-refractivity contribution in [2.75, 3.05) is 40.2 Å². The SMILES string of the molecule is COC1C(=O)C(C)CC\C=C/C=C\C=C(\C)C(NS(=O)(=O)CCCO)C[C@H]2CC[C@H](C)[C@](O)(O2)C(=O)C(=O)N(C)C(C)C(=O)OC([C@H](C)C[C@@H]2CC[C@@H](OCC3CCC3)[C@H](OC)C2)CC(=O)C(C)/C=C(/C)C1O. The lowest BCUT2D eigenvalue weighted by Gasteiger charge is -2.42. The molecule has 14 atom stereocenters. The van der Waals surface area contributed by atoms with E-state index in [1.54, 1.807) is 72.1 Å². The van der Waals surface area contributed by atoms with E-state index in [1.807, 2.05) is 13.0 Å². The van der Waals surface area contributed by atoms with Crippen molar-refractivity contribution < 1.29 is 71.4 Å². The highest BCUT2D eigenvalue weighted by Gasteiger charge is 2.52. The van der Waals surface area contributed by atoms with Crippen LogP contribution in [-0.2, 0) is 57.7 Å². The van der Waals surface area contributed by atoms with Crippen LogP contribution in [0.2, 0.25) is 0 Å². The Kier molecular flexibility index (Phi) is 24.8. The predicted octanol–water partition coefficient (Wildman–Crippen LogP) is 5.88. The van der Waals surface area contributed by atoms with Gasteiger partial charge in [-0.3, -0.25) is 19.2 Å². The van der Waals surface area contributed by atoms with Gasteiger partial charge < -0.3 is 43.9 Å². The van der Waals surface area contributed by atoms with E-state index < -0.39 is 87.7 Å². The zero-order chi connectivity index (χ0) is 54.2. The molecule has 4 aliphatic rings. The molecule has 18 heteroatoms. The molecule has 2 aliphatic carbocycles. The molecule has 3 fully saturated rings. The number of fused-ring (bicyclic) bond motifs is 2. The average molecular weight is 1050 g/mol. The van der Waals surface area contributed by atoms with Crippen LogP contribution in [0.4, 0.5) is 0 Å². The summed E-state index contributed by atoms with van der Waals surface area (Å²) in [5.41, 5.74) is 0.936. The van der Waals surface area contributed by atoms with Gasteiger partial charge in [0.15, 0.2) is 5.78 Å². The minimum Gasteiger partial charge on any atom is -0.460 e. The van der Waals surface area contributed by atoms with Crippen molar-refractivity contribution in [3.05, 3.63) is 47.6 Å². The first kappa shape index (κ1) is 62.1. The van der Waals surface area contributed by atoms with Crippen LogP contribution >= 0.6 is 0 Å². The fourth-order valence-corrected chi connectivity index (χ4v) is 11.6. The monoisotopic (exact) mass is 1050 g/mol. The van der Waals surface area contributed by atoms with Crippen molar-refractivity contribution in [3.63, 3.8) is 0 Å². The van der Waals surface area contributed by atoms with Crippen LogP contribution in [0.15, 0.2) is 47.6 Å². The number of methoxy groups -OCH3 is 2. The van der Waals surface area contributed by atoms with Gasteiger partial charge in [-0.15, -0.1) is 0 Å². The number of sulfonamides is 1. The molecule has 2 aliphatic heterocycles. The van der Waals surface area contributed by atoms with E-state index in [1.165, 1.54) is 40.3 Å². The highest BCUT2D eigenvalue weighted by atomic mass is 32.2. The Balaban J connectivity index is 1.66. The van der Waals surface area contributed by atoms with E-state index in [-0.39, 0.29) is 73.7 Å². The maximum Gasteiger partial charge on any atom is 0.328 e. The first-order chi connectivity index (χ1) is 34.5. The highest BCUT2D eigenvalue weighted by molar-refractivity contribution is 7.89. The van der Waals surface area contributed by atoms with E-state index >= 15 is 0 Å². The van der Waals surface area contributed by atoms with Crippen LogP contribution in [0.3, 0.4) is 0 Å². The number of allylic oxidation sites excluding steroid dienone is 6. The minimum atomic E-state index is -3.91. The number of cyclic esters (lactones) is 1. The number of nitrogens with one attached hydrogen (secondary N) is 1. The van der Waals surface area contributed by atoms with Crippen LogP contribution < -0.4 is 4.72 Å². The van der Waals surface area contributed by atoms with Gasteiger partial charge >= 0.3 is 5.97 Å². The minimum absolute atomic E-state index is 0.0000414. The molecule has 0 aromatic rings. The summed E-state index contributed by atoms with van der Waals surface area (Å²) in [5, 5.41) is 32.7. The molecule has 4 rings (SSSR count). The number of esters is 1. The number of carbonyl (C=O) groups excluding carboxylic acids is 5. The van der Waals surface area contributed by atoms with Crippen molar-refractivity contribution >= 4 is 39.2 Å². The molecule has 0 aromatic carbocycles. The zero-order valence-electron chi connectivity index (χ0n) is 45.2. The Bertz CT molecular complexity index is 2090. The fraction of sp³-hybridized carbons (Fsp3) is 0.764. The number of ether oxygens (including phenoxy) is 5. The van der Waals surface area contributed by atoms with Crippen molar-refractivity contribution in [1.29, 1.82) is 0 Å². The smallest absolute Gasteiger partial charge is 0.328 e. The van der Waals surface area contributed by atoms with Gasteiger partial charge in [-0.2, -0.15) is 0 Å². The summed E-state index contributed by atoms with van der Waals surface area (Å²) in [7, 11) is 0.366. The van der Waals surface area contributed by atoms with Gasteiger partial charge in [0.05, 0.1) is 24.1 Å². The first-order valence-corrected chi connectivity index (χ1v) is 28.2. The molecular formula is C55H88N2O15S. The molecule has 2 saturated carbocycles. The molecule has 414 valence electrons. The number of hydrogen-bond acceptors (Lipinski definition) is 15. The van der Waals surface area contributed by atoms with Crippen molar-refractivity contribution in [2.24, 2.45) is 35.5 Å². The summed E-state index contributed by atoms with van der Waals surface area (Å²) in [5.74, 6) is -8.68. The largest absolute Gasteiger partial charge is 0.460 e. The van der Waals surface area contributed by atoms with Gasteiger partial charge in [0.25, 0.3) is 11.7 Å². The number of carbonyl (C=O) groups is 5. The molecule has 0 aromatic heterocycles. The second kappa shape index (κ2) is 29.2. The Labute approximate surface area is 434 Å². The standard InChI is InChI=1S/C55H88N2O15S/c1-34-18-14-12-11-13-15-19-35(2)49(60)51(69-10)50(61)38(5)28-36(3)45(59)32-47(37(4)29-42-23-25-46(48(30-42)68-9)70-33-41-20-16-21-41)71-54(64)40(7)57(8)53(63)52(62)55(65)39(6)22-24-43(72-55)31-44(34)56-73(66,67)27-17-26-58/h11-14,18,28,35-37,39-44,46-48,50-51,56,58,61,65H,15-17,19-27,29-33H2,1-10H3/b13-11-,14-12-,34-18-,38-28-/t35?,36?,37-,39+,40?,42+,43-,44?,46-,47?,48-,50?,51?,55+/m1/s1. The number of amides is 1. The number of hydrogen-bond donors (Lipinski definition) is 4. The van der Waals surface area contributed by atoms with E-state index in [0.29, 0.717) is 49.2 Å². The molecule has 17 nitrogen and oxygen atoms in total. The summed E-state index contributed by atoms with van der Waals surface area (Å²) in [6, 6.07) is -2.23. The van der Waals surface area contributed by atoms with Crippen molar-refractivity contribution in [3.8, 4) is 0 Å². The topological polar surface area (TPSA) is 242 Å². The third-order valence-electron chi connectivity index (χ3n) is 15.8. The summed E-state index contributed by atoms with van der Waals surface area (Å²) in [6.07, 6.45) is 13.7. The van der Waals surface area contributed by atoms with Crippen LogP contribution in [0.25, 0.3) is 0 Å². The quantitative estimate of drug-likeness (QED) is 0.0957. The Morgan fingerprint density at radius 3 is 2.25 bits per heavy atom. The Morgan fingerprint density at radius 2 is 1.60 bits per heavy atom. The number of nitrogens with zero attached hydrogens (tertiary/aromatic N) is 1. The summed E-state index contributed by atoms with van der Waals surface area (Å²) in [6.45, 7) is 12.0. The predicted molar refractivity (Wildman–Crippen MR) is 276 cm³/mol. The van der Waals surface area contributed by atoms with Crippen LogP contribution in [-0.4, -0.2) is 153 Å². The van der Waals surface area contributed by atoms with E-state index in [2.05, 4.69) is 4.72 Å². The number of likely N-dealkylation sites (N-methyl/N-ethyl adjacent to an activating group) is 1. The van der Waals surface area contributed by atoms with Gasteiger partial charge in [-0.25, -0.2) is 17.9 Å². The molecule has 4 N–H and O–H groups in total. The number of ketones is 3. The van der Waals surface area contributed by atoms with E-state index in [9.17, 15) is 47.7 Å². The number of aliphatic hydroxyl groups excluding tert-OH is 2. The Hall–Kier alpha value is -3.46. The average Bonchev–Trinajstić information content (AvgIpc) is 3.34. The normalized spacial score (nSPS) is 36.8. The molecule has 7 unspecified atom stereocenters. The van der Waals surface area contributed by atoms with Crippen LogP contribution in [0.1, 0.15) is 138 Å². The summed E-state index contributed by atoms with van der Waals surface area (Å²) < 4.78 is 59.1. The highest BCUT2D eigenvalue weighted by Crippen LogP contribution is 2.38. The molecule has 1 amide bonds. The fourth-order valence-electron chi connectivity index (χ4n) is 10.3. The first-order valence-electron chi connectivity index (χ1n) is 26.6. The van der Waals surface area contributed by atoms with E-state index in [4.69, 9.17) is 23.7 Å². The molecule has 2 bridgehead atoms. The number of aliphatic hydroxyl groups is 3. The van der Waals surface area contributed by atoms with Gasteiger partial charge in [-0.1, -0.05) is 76.1 Å². The van der Waals surface area contributed by atoms with Gasteiger partial charge in [0.1, 0.15) is 30.1 Å². The second-order valence-electron chi connectivity index (χ2n) is 21.5. The van der Waals surface area contributed by atoms with Gasteiger partial charge in [0, 0.05) is 64.7 Å². The van der Waals surface area contributed by atoms with Gasteiger partial charge in [-0.05, 0) is 121 Å². The van der Waals surface area contributed by atoms with Crippen LogP contribution in [0, 0.1) is 35.5 Å². The lowest BCUT2D eigenvalue weighted by atomic mass is 9.78. The molecule has 2 heterocycles. The third-order valence-corrected chi connectivity index (χ3v) is 17.3. The molecule has 1 saturated heterocycles. The maximum absolute atomic E-state index is 14.2. The number of Topliss-reactive ketones (excluding diaryl/α,β-unsaturated/α-hetero) is 3. The Morgan fingerprint density at radius 1 is 0.890 bits per heavy atom. The lowest BCUT2D eigenvalue weighted by Crippen LogP contribution is -2.59. The zero-order valence-corrected chi connectivity index (χ0v) is 46.0. The molecule has 0 radical (unpaired) electrons. The summed E-state index contributed by atoms with van der Waals surface area (Å²) in [4.78, 5) is 71.1. The maximum atomic E-state index is 14.2.